The summed E-state index contributed by atoms with van der Waals surface area (Å²) in [6, 6.07) is 9.71. The summed E-state index contributed by atoms with van der Waals surface area (Å²) in [5.74, 6) is -2.27. The van der Waals surface area contributed by atoms with Crippen molar-refractivity contribution in [2.45, 2.75) is 12.6 Å². The molecule has 1 atom stereocenters. The highest BCUT2D eigenvalue weighted by Gasteiger charge is 2.27. The average Bonchev–Trinajstić information content (AvgIpc) is 2.85. The largest absolute Gasteiger partial charge is 0.379 e. The Balaban J connectivity index is 1.41. The summed E-state index contributed by atoms with van der Waals surface area (Å²) in [6.45, 7) is 6.28. The Labute approximate surface area is 197 Å². The van der Waals surface area contributed by atoms with Gasteiger partial charge in [0.2, 0.25) is 0 Å². The summed E-state index contributed by atoms with van der Waals surface area (Å²) >= 11 is 0. The minimum absolute atomic E-state index is 0.190. The first-order valence-corrected chi connectivity index (χ1v) is 11.6. The van der Waals surface area contributed by atoms with Crippen LogP contribution in [-0.2, 0) is 16.0 Å². The van der Waals surface area contributed by atoms with Gasteiger partial charge in [-0.15, -0.1) is 0 Å². The standard InChI is InChI=1S/C25H30F3N3O3/c26-21-6-4-19(5-7-21)25(32)31(9-8-29-10-13-33-14-11-29)18-22-17-30(12-15-34-22)16-20-2-1-3-23(27)24(20)28/h1-7,22H,8-18H2. The monoisotopic (exact) mass is 477 g/mol. The normalized spacial score (nSPS) is 19.8. The third-order valence-electron chi connectivity index (χ3n) is 6.24. The molecular formula is C25H30F3N3O3. The Hall–Kier alpha value is -2.46. The summed E-state index contributed by atoms with van der Waals surface area (Å²) in [7, 11) is 0. The molecule has 4 rings (SSSR count). The van der Waals surface area contributed by atoms with E-state index in [1.165, 1.54) is 30.3 Å². The van der Waals surface area contributed by atoms with Crippen LogP contribution in [0.25, 0.3) is 0 Å². The molecule has 2 heterocycles. The molecular weight excluding hydrogens is 447 g/mol. The van der Waals surface area contributed by atoms with Gasteiger partial charge in [-0.3, -0.25) is 14.6 Å². The maximum absolute atomic E-state index is 14.1. The average molecular weight is 478 g/mol. The van der Waals surface area contributed by atoms with E-state index >= 15 is 0 Å². The van der Waals surface area contributed by atoms with Crippen LogP contribution in [0.5, 0.6) is 0 Å². The minimum Gasteiger partial charge on any atom is -0.379 e. The van der Waals surface area contributed by atoms with Gasteiger partial charge in [0.1, 0.15) is 5.82 Å². The van der Waals surface area contributed by atoms with Crippen LogP contribution in [0.1, 0.15) is 15.9 Å². The lowest BCUT2D eigenvalue weighted by atomic mass is 10.1. The smallest absolute Gasteiger partial charge is 0.253 e. The highest BCUT2D eigenvalue weighted by molar-refractivity contribution is 5.94. The SMILES string of the molecule is O=C(c1ccc(F)cc1)N(CCN1CCOCC1)CC1CN(Cc2cccc(F)c2F)CCO1. The van der Waals surface area contributed by atoms with Crippen molar-refractivity contribution in [1.82, 2.24) is 14.7 Å². The highest BCUT2D eigenvalue weighted by Crippen LogP contribution is 2.17. The molecule has 9 heteroatoms. The van der Waals surface area contributed by atoms with Crippen molar-refractivity contribution >= 4 is 5.91 Å². The Morgan fingerprint density at radius 3 is 2.47 bits per heavy atom. The van der Waals surface area contributed by atoms with Crippen molar-refractivity contribution in [3.63, 3.8) is 0 Å². The molecule has 1 amide bonds. The van der Waals surface area contributed by atoms with Crippen LogP contribution in [0.15, 0.2) is 42.5 Å². The second-order valence-corrected chi connectivity index (χ2v) is 8.65. The third-order valence-corrected chi connectivity index (χ3v) is 6.24. The summed E-state index contributed by atoms with van der Waals surface area (Å²) in [6.07, 6.45) is -0.278. The maximum atomic E-state index is 14.1. The molecule has 2 aliphatic heterocycles. The van der Waals surface area contributed by atoms with Gasteiger partial charge in [-0.05, 0) is 30.3 Å². The van der Waals surface area contributed by atoms with E-state index in [-0.39, 0.29) is 18.6 Å². The number of hydrogen-bond acceptors (Lipinski definition) is 5. The number of morpholine rings is 2. The quantitative estimate of drug-likeness (QED) is 0.585. The molecule has 2 aliphatic rings. The second kappa shape index (κ2) is 11.8. The Morgan fingerprint density at radius 1 is 0.971 bits per heavy atom. The van der Waals surface area contributed by atoms with E-state index in [0.717, 1.165) is 19.2 Å². The molecule has 0 saturated carbocycles. The molecule has 2 aromatic carbocycles. The van der Waals surface area contributed by atoms with E-state index in [0.29, 0.717) is 63.7 Å². The summed E-state index contributed by atoms with van der Waals surface area (Å²) < 4.78 is 52.4. The number of benzene rings is 2. The number of nitrogens with zero attached hydrogens (tertiary/aromatic N) is 3. The van der Waals surface area contributed by atoms with Crippen molar-refractivity contribution in [2.75, 3.05) is 65.6 Å². The molecule has 0 bridgehead atoms. The Kier molecular flexibility index (Phi) is 8.55. The zero-order chi connectivity index (χ0) is 23.9. The van der Waals surface area contributed by atoms with Crippen LogP contribution in [0.2, 0.25) is 0 Å². The zero-order valence-corrected chi connectivity index (χ0v) is 19.1. The van der Waals surface area contributed by atoms with Crippen LogP contribution >= 0.6 is 0 Å². The van der Waals surface area contributed by atoms with Crippen molar-refractivity contribution in [3.8, 4) is 0 Å². The minimum atomic E-state index is -0.860. The van der Waals surface area contributed by atoms with Crippen molar-refractivity contribution in [2.24, 2.45) is 0 Å². The van der Waals surface area contributed by atoms with Crippen LogP contribution in [0, 0.1) is 17.5 Å². The number of carbonyl (C=O) groups excluding carboxylic acids is 1. The van der Waals surface area contributed by atoms with Crippen molar-refractivity contribution in [1.29, 1.82) is 0 Å². The molecule has 2 fully saturated rings. The van der Waals surface area contributed by atoms with Gasteiger partial charge in [-0.1, -0.05) is 12.1 Å². The third kappa shape index (κ3) is 6.56. The van der Waals surface area contributed by atoms with Crippen molar-refractivity contribution in [3.05, 3.63) is 71.0 Å². The predicted molar refractivity (Wildman–Crippen MR) is 121 cm³/mol. The first-order chi connectivity index (χ1) is 16.5. The highest BCUT2D eigenvalue weighted by atomic mass is 19.2. The Bertz CT molecular complexity index is 954. The molecule has 0 spiro atoms. The van der Waals surface area contributed by atoms with Gasteiger partial charge in [0.05, 0.1) is 25.9 Å². The van der Waals surface area contributed by atoms with Gasteiger partial charge in [0.15, 0.2) is 11.6 Å². The van der Waals surface area contributed by atoms with E-state index in [1.807, 2.05) is 4.90 Å². The maximum Gasteiger partial charge on any atom is 0.253 e. The first kappa shape index (κ1) is 24.7. The summed E-state index contributed by atoms with van der Waals surface area (Å²) in [4.78, 5) is 19.2. The van der Waals surface area contributed by atoms with Gasteiger partial charge in [0.25, 0.3) is 5.91 Å². The van der Waals surface area contributed by atoms with E-state index in [2.05, 4.69) is 4.90 Å². The number of amides is 1. The first-order valence-electron chi connectivity index (χ1n) is 11.6. The molecule has 0 aromatic heterocycles. The van der Waals surface area contributed by atoms with Crippen LogP contribution in [0.3, 0.4) is 0 Å². The van der Waals surface area contributed by atoms with E-state index in [4.69, 9.17) is 9.47 Å². The van der Waals surface area contributed by atoms with Crippen LogP contribution in [0.4, 0.5) is 13.2 Å². The Morgan fingerprint density at radius 2 is 1.71 bits per heavy atom. The number of ether oxygens (including phenoxy) is 2. The van der Waals surface area contributed by atoms with Crippen LogP contribution in [-0.4, -0.2) is 92.3 Å². The fourth-order valence-electron chi connectivity index (χ4n) is 4.33. The van der Waals surface area contributed by atoms with Gasteiger partial charge < -0.3 is 14.4 Å². The molecule has 184 valence electrons. The molecule has 34 heavy (non-hydrogen) atoms. The predicted octanol–water partition coefficient (Wildman–Crippen LogP) is 2.78. The molecule has 0 radical (unpaired) electrons. The molecule has 2 saturated heterocycles. The topological polar surface area (TPSA) is 45.2 Å². The number of hydrogen-bond donors (Lipinski definition) is 0. The molecule has 0 N–H and O–H groups in total. The lowest BCUT2D eigenvalue weighted by Crippen LogP contribution is -2.50. The van der Waals surface area contributed by atoms with Gasteiger partial charge >= 0.3 is 0 Å². The molecule has 6 nitrogen and oxygen atoms in total. The van der Waals surface area contributed by atoms with Crippen LogP contribution < -0.4 is 0 Å². The number of halogens is 3. The summed E-state index contributed by atoms with van der Waals surface area (Å²) in [5.41, 5.74) is 0.713. The number of rotatable bonds is 8. The fourth-order valence-corrected chi connectivity index (χ4v) is 4.33. The van der Waals surface area contributed by atoms with Gasteiger partial charge in [-0.2, -0.15) is 0 Å². The van der Waals surface area contributed by atoms with E-state index in [1.54, 1.807) is 11.0 Å². The fraction of sp³-hybridized carbons (Fsp3) is 0.480. The zero-order valence-electron chi connectivity index (χ0n) is 19.1. The molecule has 0 aliphatic carbocycles. The molecule has 1 unspecified atom stereocenters. The van der Waals surface area contributed by atoms with Gasteiger partial charge in [-0.25, -0.2) is 13.2 Å². The summed E-state index contributed by atoms with van der Waals surface area (Å²) in [5, 5.41) is 0. The van der Waals surface area contributed by atoms with Crippen molar-refractivity contribution < 1.29 is 27.4 Å². The van der Waals surface area contributed by atoms with E-state index < -0.39 is 17.5 Å². The lowest BCUT2D eigenvalue weighted by Gasteiger charge is -2.36. The van der Waals surface area contributed by atoms with Gasteiger partial charge in [0, 0.05) is 63.5 Å². The molecule has 2 aromatic rings. The van der Waals surface area contributed by atoms with E-state index in [9.17, 15) is 18.0 Å². The lowest BCUT2D eigenvalue weighted by molar-refractivity contribution is -0.0445. The number of carbonyl (C=O) groups is 1. The second-order valence-electron chi connectivity index (χ2n) is 8.65.